The summed E-state index contributed by atoms with van der Waals surface area (Å²) in [6, 6.07) is 8.76. The van der Waals surface area contributed by atoms with E-state index in [2.05, 4.69) is 28.9 Å². The van der Waals surface area contributed by atoms with Gasteiger partial charge in [-0.25, -0.2) is 4.99 Å². The normalized spacial score (nSPS) is 25.0. The smallest absolute Gasteiger partial charge is 0.0865 e. The van der Waals surface area contributed by atoms with Crippen molar-refractivity contribution in [2.24, 2.45) is 10.7 Å². The standard InChI is InChI=1S/C16H23N5/c1-11-16(21-15-5-3-2-4-14(15)20-11)12(8-17)9-19-13-6-7-18-10-13/h2-5,9,11,13,18-20H,6-8,10,17H2,1H3/b12-9+. The lowest BCUT2D eigenvalue weighted by atomic mass is 10.0. The van der Waals surface area contributed by atoms with Crippen molar-refractivity contribution in [1.29, 1.82) is 0 Å². The van der Waals surface area contributed by atoms with Crippen LogP contribution >= 0.6 is 0 Å². The van der Waals surface area contributed by atoms with E-state index in [1.807, 2.05) is 24.4 Å². The first-order valence-corrected chi connectivity index (χ1v) is 7.58. The summed E-state index contributed by atoms with van der Waals surface area (Å²) in [5.74, 6) is 0. The minimum absolute atomic E-state index is 0.165. The summed E-state index contributed by atoms with van der Waals surface area (Å²) in [7, 11) is 0. The Morgan fingerprint density at radius 2 is 2.33 bits per heavy atom. The molecule has 5 N–H and O–H groups in total. The summed E-state index contributed by atoms with van der Waals surface area (Å²) in [6.45, 7) is 4.70. The highest BCUT2D eigenvalue weighted by molar-refractivity contribution is 6.09. The average Bonchev–Trinajstić information content (AvgIpc) is 3.01. The van der Waals surface area contributed by atoms with Crippen LogP contribution < -0.4 is 21.7 Å². The van der Waals surface area contributed by atoms with E-state index in [-0.39, 0.29) is 6.04 Å². The molecular weight excluding hydrogens is 262 g/mol. The minimum Gasteiger partial charge on any atom is -0.387 e. The Labute approximate surface area is 125 Å². The summed E-state index contributed by atoms with van der Waals surface area (Å²) in [5, 5.41) is 10.3. The number of nitrogens with zero attached hydrogens (tertiary/aromatic N) is 1. The lowest BCUT2D eigenvalue weighted by Gasteiger charge is -2.25. The zero-order valence-corrected chi connectivity index (χ0v) is 12.4. The second kappa shape index (κ2) is 6.28. The van der Waals surface area contributed by atoms with Gasteiger partial charge in [0.25, 0.3) is 0 Å². The van der Waals surface area contributed by atoms with Crippen molar-refractivity contribution >= 4 is 17.1 Å². The number of benzene rings is 1. The SMILES string of the molecule is CC1Nc2ccccc2N=C1/C(=C/NC1CCNC1)CN. The fourth-order valence-electron chi connectivity index (χ4n) is 2.82. The summed E-state index contributed by atoms with van der Waals surface area (Å²) in [6.07, 6.45) is 3.19. The molecule has 2 aliphatic rings. The second-order valence-corrected chi connectivity index (χ2v) is 5.61. The van der Waals surface area contributed by atoms with Crippen molar-refractivity contribution in [3.05, 3.63) is 36.0 Å². The van der Waals surface area contributed by atoms with E-state index in [4.69, 9.17) is 10.7 Å². The fourth-order valence-corrected chi connectivity index (χ4v) is 2.82. The predicted molar refractivity (Wildman–Crippen MR) is 88.2 cm³/mol. The van der Waals surface area contributed by atoms with Crippen LogP contribution in [0.4, 0.5) is 11.4 Å². The van der Waals surface area contributed by atoms with Gasteiger partial charge in [-0.1, -0.05) is 12.1 Å². The van der Waals surface area contributed by atoms with Crippen LogP contribution in [0.5, 0.6) is 0 Å². The van der Waals surface area contributed by atoms with Gasteiger partial charge in [0.2, 0.25) is 0 Å². The highest BCUT2D eigenvalue weighted by atomic mass is 15.0. The molecule has 1 aromatic carbocycles. The van der Waals surface area contributed by atoms with Crippen molar-refractivity contribution in [3.8, 4) is 0 Å². The van der Waals surface area contributed by atoms with Crippen LogP contribution in [-0.4, -0.2) is 37.4 Å². The molecule has 112 valence electrons. The zero-order chi connectivity index (χ0) is 14.7. The topological polar surface area (TPSA) is 74.5 Å². The maximum absolute atomic E-state index is 5.94. The maximum Gasteiger partial charge on any atom is 0.0865 e. The molecule has 0 aromatic heterocycles. The van der Waals surface area contributed by atoms with E-state index in [9.17, 15) is 0 Å². The van der Waals surface area contributed by atoms with Gasteiger partial charge in [-0.2, -0.15) is 0 Å². The number of nitrogens with two attached hydrogens (primary N) is 1. The first-order valence-electron chi connectivity index (χ1n) is 7.58. The first-order chi connectivity index (χ1) is 10.3. The molecule has 0 amide bonds. The number of rotatable bonds is 4. The predicted octanol–water partition coefficient (Wildman–Crippen LogP) is 1.37. The largest absolute Gasteiger partial charge is 0.387 e. The van der Waals surface area contributed by atoms with Crippen LogP contribution in [0.2, 0.25) is 0 Å². The van der Waals surface area contributed by atoms with E-state index in [0.29, 0.717) is 12.6 Å². The second-order valence-electron chi connectivity index (χ2n) is 5.61. The molecule has 5 nitrogen and oxygen atoms in total. The Morgan fingerprint density at radius 3 is 3.10 bits per heavy atom. The summed E-state index contributed by atoms with van der Waals surface area (Å²) in [5.41, 5.74) is 10.1. The van der Waals surface area contributed by atoms with Gasteiger partial charge in [-0.3, -0.25) is 0 Å². The third-order valence-electron chi connectivity index (χ3n) is 4.03. The monoisotopic (exact) mass is 285 g/mol. The number of hydrogen-bond acceptors (Lipinski definition) is 5. The van der Waals surface area contributed by atoms with Crippen LogP contribution in [0, 0.1) is 0 Å². The molecule has 1 aromatic rings. The van der Waals surface area contributed by atoms with Crippen LogP contribution in [-0.2, 0) is 0 Å². The highest BCUT2D eigenvalue weighted by Gasteiger charge is 2.21. The number of nitrogens with one attached hydrogen (secondary N) is 3. The summed E-state index contributed by atoms with van der Waals surface area (Å²) < 4.78 is 0. The van der Waals surface area contributed by atoms with Gasteiger partial charge in [0.05, 0.1) is 23.1 Å². The van der Waals surface area contributed by atoms with E-state index in [1.165, 1.54) is 0 Å². The average molecular weight is 285 g/mol. The third-order valence-corrected chi connectivity index (χ3v) is 4.03. The maximum atomic E-state index is 5.94. The van der Waals surface area contributed by atoms with Crippen molar-refractivity contribution in [2.75, 3.05) is 25.0 Å². The number of hydrogen-bond donors (Lipinski definition) is 4. The van der Waals surface area contributed by atoms with Gasteiger partial charge in [0.1, 0.15) is 0 Å². The van der Waals surface area contributed by atoms with Gasteiger partial charge < -0.3 is 21.7 Å². The molecule has 5 heteroatoms. The zero-order valence-electron chi connectivity index (χ0n) is 12.4. The summed E-state index contributed by atoms with van der Waals surface area (Å²) in [4.78, 5) is 4.79. The Bertz CT molecular complexity index is 558. The lowest BCUT2D eigenvalue weighted by Crippen LogP contribution is -2.34. The molecule has 2 heterocycles. The first kappa shape index (κ1) is 14.1. The van der Waals surface area contributed by atoms with E-state index < -0.39 is 0 Å². The van der Waals surface area contributed by atoms with Crippen molar-refractivity contribution in [2.45, 2.75) is 25.4 Å². The van der Waals surface area contributed by atoms with Crippen LogP contribution in [0.25, 0.3) is 0 Å². The molecule has 2 atom stereocenters. The van der Waals surface area contributed by atoms with Gasteiger partial charge in [-0.05, 0) is 32.0 Å². The molecule has 0 saturated carbocycles. The number of para-hydroxylation sites is 2. The molecule has 0 aliphatic carbocycles. The van der Waals surface area contributed by atoms with Crippen molar-refractivity contribution < 1.29 is 0 Å². The molecule has 21 heavy (non-hydrogen) atoms. The van der Waals surface area contributed by atoms with Crippen LogP contribution in [0.3, 0.4) is 0 Å². The quantitative estimate of drug-likeness (QED) is 0.674. The number of fused-ring (bicyclic) bond motifs is 1. The molecule has 1 saturated heterocycles. The number of aliphatic imine (C=N–C) groups is 1. The van der Waals surface area contributed by atoms with Crippen LogP contribution in [0.15, 0.2) is 41.0 Å². The Morgan fingerprint density at radius 1 is 1.48 bits per heavy atom. The molecule has 0 bridgehead atoms. The summed E-state index contributed by atoms with van der Waals surface area (Å²) >= 11 is 0. The van der Waals surface area contributed by atoms with Crippen molar-refractivity contribution in [1.82, 2.24) is 10.6 Å². The fraction of sp³-hybridized carbons (Fsp3) is 0.438. The van der Waals surface area contributed by atoms with Crippen molar-refractivity contribution in [3.63, 3.8) is 0 Å². The van der Waals surface area contributed by atoms with Gasteiger partial charge >= 0.3 is 0 Å². The molecule has 0 spiro atoms. The third kappa shape index (κ3) is 3.09. The number of anilines is 1. The van der Waals surface area contributed by atoms with E-state index in [0.717, 1.165) is 42.2 Å². The molecule has 2 aliphatic heterocycles. The van der Waals surface area contributed by atoms with Crippen LogP contribution in [0.1, 0.15) is 13.3 Å². The lowest BCUT2D eigenvalue weighted by molar-refractivity contribution is 0.636. The Kier molecular flexibility index (Phi) is 4.22. The van der Waals surface area contributed by atoms with Gasteiger partial charge in [0.15, 0.2) is 0 Å². The highest BCUT2D eigenvalue weighted by Crippen LogP contribution is 2.30. The van der Waals surface area contributed by atoms with Gasteiger partial charge in [0, 0.05) is 30.9 Å². The van der Waals surface area contributed by atoms with Gasteiger partial charge in [-0.15, -0.1) is 0 Å². The minimum atomic E-state index is 0.165. The molecule has 3 rings (SSSR count). The van der Waals surface area contributed by atoms with E-state index >= 15 is 0 Å². The molecule has 0 radical (unpaired) electrons. The van der Waals surface area contributed by atoms with E-state index in [1.54, 1.807) is 0 Å². The molecule has 1 fully saturated rings. The Hall–Kier alpha value is -1.85. The molecule has 2 unspecified atom stereocenters. The molecular formula is C16H23N5. The Balaban J connectivity index is 1.82.